The first-order chi connectivity index (χ1) is 26.0. The number of nitrogens with zero attached hydrogens (tertiary/aromatic N) is 1. The normalized spacial score (nSPS) is 14.8. The Morgan fingerprint density at radius 2 is 0.944 bits per heavy atom. The van der Waals surface area contributed by atoms with Crippen molar-refractivity contribution in [2.45, 2.75) is 52.4 Å². The number of furan rings is 1. The fourth-order valence-electron chi connectivity index (χ4n) is 9.90. The van der Waals surface area contributed by atoms with E-state index < -0.39 is 0 Å². The summed E-state index contributed by atoms with van der Waals surface area (Å²) in [5.74, 6) is 0. The van der Waals surface area contributed by atoms with Gasteiger partial charge in [-0.1, -0.05) is 88.4 Å². The Balaban J connectivity index is 1.07. The van der Waals surface area contributed by atoms with Gasteiger partial charge in [0.05, 0.1) is 0 Å². The molecule has 0 saturated carbocycles. The van der Waals surface area contributed by atoms with Gasteiger partial charge in [0, 0.05) is 38.7 Å². The van der Waals surface area contributed by atoms with Crippen LogP contribution in [-0.2, 0) is 10.8 Å². The van der Waals surface area contributed by atoms with E-state index in [-0.39, 0.29) is 10.8 Å². The molecule has 0 bridgehead atoms. The van der Waals surface area contributed by atoms with Gasteiger partial charge in [0.2, 0.25) is 0 Å². The molecule has 1 aromatic heterocycles. The predicted molar refractivity (Wildman–Crippen MR) is 228 cm³/mol. The topological polar surface area (TPSA) is 16.4 Å². The molecule has 2 heteroatoms. The van der Waals surface area contributed by atoms with Gasteiger partial charge in [-0.15, -0.1) is 0 Å². The molecule has 0 N–H and O–H groups in total. The summed E-state index contributed by atoms with van der Waals surface area (Å²) in [4.78, 5) is 2.46. The van der Waals surface area contributed by atoms with Crippen molar-refractivity contribution >= 4 is 60.5 Å². The Labute approximate surface area is 316 Å². The number of hydrogen-bond donors (Lipinski definition) is 0. The molecule has 2 aliphatic carbocycles. The zero-order valence-electron chi connectivity index (χ0n) is 31.6. The van der Waals surface area contributed by atoms with E-state index in [2.05, 4.69) is 180 Å². The van der Waals surface area contributed by atoms with E-state index in [0.29, 0.717) is 0 Å². The molecule has 1 heterocycles. The fourth-order valence-corrected chi connectivity index (χ4v) is 9.90. The molecule has 0 fully saturated rings. The SMILES string of the molecule is Cc1cc(C)cc(N(c2ccc3c(c2)C(C)(C)c2cc4c(cc2-3)oc2ccccc24)c2ccc3cc4c(cc3c2)C(C)(C)c2cc3ccccc3cc2-4)c1. The molecule has 9 aromatic rings. The molecule has 8 aromatic carbocycles. The standard InChI is InChI=1S/C52H41NO/c1-30-19-31(2)21-38(20-30)53(37-17-18-39-43-29-50-44(40-13-9-10-14-49(40)54-50)28-48(43)52(5,6)47(39)27-37)36-16-15-34-24-42-41-23-32-11-7-8-12-33(32)25-45(41)51(3,4)46(42)26-35(34)22-36/h7-29H,1-6H3. The van der Waals surface area contributed by atoms with Crippen LogP contribution in [0.3, 0.4) is 0 Å². The van der Waals surface area contributed by atoms with E-state index in [1.807, 2.05) is 6.07 Å². The van der Waals surface area contributed by atoms with Gasteiger partial charge < -0.3 is 9.32 Å². The molecule has 260 valence electrons. The van der Waals surface area contributed by atoms with Crippen LogP contribution >= 0.6 is 0 Å². The Kier molecular flexibility index (Phi) is 6.24. The summed E-state index contributed by atoms with van der Waals surface area (Å²) < 4.78 is 6.36. The van der Waals surface area contributed by atoms with Crippen LogP contribution < -0.4 is 4.90 Å². The third-order valence-corrected chi connectivity index (χ3v) is 12.6. The van der Waals surface area contributed by atoms with Crippen molar-refractivity contribution in [3.05, 3.63) is 173 Å². The monoisotopic (exact) mass is 695 g/mol. The average molecular weight is 696 g/mol. The number of hydrogen-bond acceptors (Lipinski definition) is 2. The second-order valence-electron chi connectivity index (χ2n) is 16.8. The lowest BCUT2D eigenvalue weighted by molar-refractivity contribution is 0.658. The van der Waals surface area contributed by atoms with Crippen LogP contribution in [0.2, 0.25) is 0 Å². The van der Waals surface area contributed by atoms with E-state index in [1.165, 1.54) is 93.6 Å². The third-order valence-electron chi connectivity index (χ3n) is 12.6. The molecule has 11 rings (SSSR count). The summed E-state index contributed by atoms with van der Waals surface area (Å²) in [6, 6.07) is 52.4. The van der Waals surface area contributed by atoms with Gasteiger partial charge in [-0.25, -0.2) is 0 Å². The van der Waals surface area contributed by atoms with Crippen molar-refractivity contribution < 1.29 is 4.42 Å². The first-order valence-electron chi connectivity index (χ1n) is 19.2. The van der Waals surface area contributed by atoms with Crippen LogP contribution in [0, 0.1) is 13.8 Å². The molecule has 0 saturated heterocycles. The Morgan fingerprint density at radius 3 is 1.69 bits per heavy atom. The highest BCUT2D eigenvalue weighted by molar-refractivity contribution is 6.07. The van der Waals surface area contributed by atoms with E-state index in [0.717, 1.165) is 22.5 Å². The summed E-state index contributed by atoms with van der Waals surface area (Å²) in [5.41, 5.74) is 18.4. The van der Waals surface area contributed by atoms with Crippen molar-refractivity contribution in [1.82, 2.24) is 0 Å². The Hall–Kier alpha value is -6.12. The number of fused-ring (bicyclic) bond motifs is 11. The molecule has 0 amide bonds. The van der Waals surface area contributed by atoms with E-state index >= 15 is 0 Å². The molecule has 54 heavy (non-hydrogen) atoms. The summed E-state index contributed by atoms with van der Waals surface area (Å²) in [7, 11) is 0. The minimum absolute atomic E-state index is 0.0971. The molecule has 0 spiro atoms. The highest BCUT2D eigenvalue weighted by Crippen LogP contribution is 2.54. The second-order valence-corrected chi connectivity index (χ2v) is 16.8. The molecule has 0 unspecified atom stereocenters. The summed E-state index contributed by atoms with van der Waals surface area (Å²) in [6.07, 6.45) is 0. The van der Waals surface area contributed by atoms with Crippen LogP contribution in [0.25, 0.3) is 65.7 Å². The van der Waals surface area contributed by atoms with Crippen LogP contribution in [0.5, 0.6) is 0 Å². The van der Waals surface area contributed by atoms with Gasteiger partial charge in [-0.3, -0.25) is 0 Å². The number of para-hydroxylation sites is 1. The minimum Gasteiger partial charge on any atom is -0.456 e. The number of benzene rings is 8. The quantitative estimate of drug-likeness (QED) is 0.183. The maximum Gasteiger partial charge on any atom is 0.136 e. The maximum atomic E-state index is 6.36. The van der Waals surface area contributed by atoms with E-state index in [4.69, 9.17) is 4.42 Å². The fraction of sp³-hybridized carbons (Fsp3) is 0.154. The van der Waals surface area contributed by atoms with Crippen molar-refractivity contribution in [2.24, 2.45) is 0 Å². The van der Waals surface area contributed by atoms with Gasteiger partial charge in [0.15, 0.2) is 0 Å². The molecule has 0 radical (unpaired) electrons. The van der Waals surface area contributed by atoms with Crippen LogP contribution in [-0.4, -0.2) is 0 Å². The molecular formula is C52H41NO. The maximum absolute atomic E-state index is 6.36. The highest BCUT2D eigenvalue weighted by Gasteiger charge is 2.38. The Morgan fingerprint density at radius 1 is 0.389 bits per heavy atom. The first kappa shape index (κ1) is 31.4. The van der Waals surface area contributed by atoms with Crippen molar-refractivity contribution in [3.63, 3.8) is 0 Å². The predicted octanol–water partition coefficient (Wildman–Crippen LogP) is 14.6. The molecule has 0 aliphatic heterocycles. The van der Waals surface area contributed by atoms with Gasteiger partial charge in [-0.2, -0.15) is 0 Å². The molecule has 2 nitrogen and oxygen atoms in total. The van der Waals surface area contributed by atoms with E-state index in [9.17, 15) is 0 Å². The van der Waals surface area contributed by atoms with Crippen LogP contribution in [0.15, 0.2) is 144 Å². The average Bonchev–Trinajstić information content (AvgIpc) is 3.70. The Bertz CT molecular complexity index is 3060. The largest absolute Gasteiger partial charge is 0.456 e. The lowest BCUT2D eigenvalue weighted by Crippen LogP contribution is -2.17. The van der Waals surface area contributed by atoms with E-state index in [1.54, 1.807) is 0 Å². The van der Waals surface area contributed by atoms with Gasteiger partial charge in [-0.05, 0) is 170 Å². The molecule has 2 aliphatic rings. The molecule has 0 atom stereocenters. The highest BCUT2D eigenvalue weighted by atomic mass is 16.3. The summed E-state index contributed by atoms with van der Waals surface area (Å²) >= 11 is 0. The zero-order chi connectivity index (χ0) is 36.7. The van der Waals surface area contributed by atoms with Gasteiger partial charge >= 0.3 is 0 Å². The smallest absolute Gasteiger partial charge is 0.136 e. The van der Waals surface area contributed by atoms with Crippen molar-refractivity contribution in [2.75, 3.05) is 4.90 Å². The summed E-state index contributed by atoms with van der Waals surface area (Å²) in [6.45, 7) is 13.9. The number of aryl methyl sites for hydroxylation is 2. The van der Waals surface area contributed by atoms with Crippen LogP contribution in [0.1, 0.15) is 61.1 Å². The lowest BCUT2D eigenvalue weighted by atomic mass is 9.81. The van der Waals surface area contributed by atoms with Crippen molar-refractivity contribution in [1.29, 1.82) is 0 Å². The second kappa shape index (κ2) is 10.7. The van der Waals surface area contributed by atoms with Crippen LogP contribution in [0.4, 0.5) is 17.1 Å². The lowest BCUT2D eigenvalue weighted by Gasteiger charge is -2.29. The molecular weight excluding hydrogens is 655 g/mol. The van der Waals surface area contributed by atoms with Gasteiger partial charge in [0.25, 0.3) is 0 Å². The number of anilines is 3. The van der Waals surface area contributed by atoms with Crippen molar-refractivity contribution in [3.8, 4) is 22.3 Å². The van der Waals surface area contributed by atoms with Gasteiger partial charge in [0.1, 0.15) is 11.2 Å². The minimum atomic E-state index is -0.184. The first-order valence-corrected chi connectivity index (χ1v) is 19.2. The third kappa shape index (κ3) is 4.34. The zero-order valence-corrected chi connectivity index (χ0v) is 31.6. The summed E-state index contributed by atoms with van der Waals surface area (Å²) in [5, 5.41) is 7.47. The number of rotatable bonds is 3.